The van der Waals surface area contributed by atoms with Gasteiger partial charge in [0.25, 0.3) is 5.91 Å². The average Bonchev–Trinajstić information content (AvgIpc) is 2.69. The van der Waals surface area contributed by atoms with Gasteiger partial charge in [-0.15, -0.1) is 5.10 Å². The maximum Gasteiger partial charge on any atom is 0.293 e. The van der Waals surface area contributed by atoms with Crippen LogP contribution in [-0.2, 0) is 0 Å². The van der Waals surface area contributed by atoms with Crippen molar-refractivity contribution in [1.82, 2.24) is 15.2 Å². The molecule has 88 valence electrons. The van der Waals surface area contributed by atoms with Gasteiger partial charge in [-0.05, 0) is 18.2 Å². The number of nitrogen functional groups attached to an aromatic ring is 1. The van der Waals surface area contributed by atoms with Crippen molar-refractivity contribution < 1.29 is 9.18 Å². The Morgan fingerprint density at radius 3 is 2.88 bits per heavy atom. The molecule has 1 amide bonds. The summed E-state index contributed by atoms with van der Waals surface area (Å²) < 4.78 is 12.8. The summed E-state index contributed by atoms with van der Waals surface area (Å²) in [5.74, 6) is -1.15. The molecule has 0 aliphatic carbocycles. The van der Waals surface area contributed by atoms with E-state index in [2.05, 4.69) is 20.5 Å². The number of hydrogen-bond donors (Lipinski definition) is 3. The fourth-order valence-electron chi connectivity index (χ4n) is 1.15. The van der Waals surface area contributed by atoms with E-state index in [0.717, 1.165) is 6.07 Å². The van der Waals surface area contributed by atoms with Crippen LogP contribution >= 0.6 is 11.6 Å². The molecule has 2 aromatic rings. The minimum atomic E-state index is -0.567. The van der Waals surface area contributed by atoms with Gasteiger partial charge in [0.05, 0.1) is 10.7 Å². The number of nitrogens with zero attached hydrogens (tertiary/aromatic N) is 2. The molecule has 1 aromatic heterocycles. The van der Waals surface area contributed by atoms with Crippen LogP contribution in [0.15, 0.2) is 18.2 Å². The van der Waals surface area contributed by atoms with Gasteiger partial charge in [0, 0.05) is 0 Å². The highest BCUT2D eigenvalue weighted by Gasteiger charge is 2.12. The largest absolute Gasteiger partial charge is 0.366 e. The first-order chi connectivity index (χ1) is 8.06. The van der Waals surface area contributed by atoms with Gasteiger partial charge >= 0.3 is 0 Å². The van der Waals surface area contributed by atoms with E-state index in [1.807, 2.05) is 0 Å². The van der Waals surface area contributed by atoms with E-state index in [9.17, 15) is 9.18 Å². The van der Waals surface area contributed by atoms with E-state index >= 15 is 0 Å². The lowest BCUT2D eigenvalue weighted by Gasteiger charge is -2.04. The summed E-state index contributed by atoms with van der Waals surface area (Å²) in [6.45, 7) is 0. The third kappa shape index (κ3) is 2.51. The first-order valence-corrected chi connectivity index (χ1v) is 4.88. The van der Waals surface area contributed by atoms with Crippen LogP contribution in [0.25, 0.3) is 0 Å². The Balaban J connectivity index is 2.18. The van der Waals surface area contributed by atoms with Crippen LogP contribution in [0.4, 0.5) is 16.0 Å². The van der Waals surface area contributed by atoms with Gasteiger partial charge in [-0.1, -0.05) is 11.6 Å². The van der Waals surface area contributed by atoms with Crippen LogP contribution in [-0.4, -0.2) is 21.1 Å². The van der Waals surface area contributed by atoms with E-state index < -0.39 is 11.7 Å². The van der Waals surface area contributed by atoms with Gasteiger partial charge in [0.15, 0.2) is 0 Å². The Morgan fingerprint density at radius 1 is 1.53 bits per heavy atom. The van der Waals surface area contributed by atoms with Crippen LogP contribution in [0.1, 0.15) is 10.6 Å². The molecule has 0 radical (unpaired) electrons. The van der Waals surface area contributed by atoms with E-state index in [-0.39, 0.29) is 22.5 Å². The van der Waals surface area contributed by atoms with Gasteiger partial charge in [-0.3, -0.25) is 9.89 Å². The number of H-pyrrole nitrogens is 1. The van der Waals surface area contributed by atoms with Crippen LogP contribution in [0.2, 0.25) is 5.02 Å². The Morgan fingerprint density at radius 2 is 2.29 bits per heavy atom. The predicted molar refractivity (Wildman–Crippen MR) is 60.2 cm³/mol. The third-order valence-electron chi connectivity index (χ3n) is 1.90. The summed E-state index contributed by atoms with van der Waals surface area (Å²) in [6.07, 6.45) is 0. The second kappa shape index (κ2) is 4.38. The minimum Gasteiger partial charge on any atom is -0.366 e. The van der Waals surface area contributed by atoms with Crippen LogP contribution in [0.3, 0.4) is 0 Å². The van der Waals surface area contributed by atoms with Crippen LogP contribution in [0, 0.1) is 5.82 Å². The maximum absolute atomic E-state index is 12.8. The fourth-order valence-corrected chi connectivity index (χ4v) is 1.36. The SMILES string of the molecule is Nc1n[nH]c(C(=O)Nc2ccc(F)cc2Cl)n1. The van der Waals surface area contributed by atoms with E-state index in [4.69, 9.17) is 17.3 Å². The molecule has 0 aliphatic rings. The smallest absolute Gasteiger partial charge is 0.293 e. The van der Waals surface area contributed by atoms with Gasteiger partial charge in [0.2, 0.25) is 11.8 Å². The molecule has 0 bridgehead atoms. The number of carbonyl (C=O) groups excluding carboxylic acids is 1. The lowest BCUT2D eigenvalue weighted by molar-refractivity contribution is 0.101. The van der Waals surface area contributed by atoms with Gasteiger partial charge in [-0.25, -0.2) is 4.39 Å². The van der Waals surface area contributed by atoms with Crippen molar-refractivity contribution in [3.8, 4) is 0 Å². The highest BCUT2D eigenvalue weighted by Crippen LogP contribution is 2.22. The van der Waals surface area contributed by atoms with Crippen molar-refractivity contribution in [3.05, 3.63) is 34.9 Å². The number of benzene rings is 1. The quantitative estimate of drug-likeness (QED) is 0.756. The number of nitrogens with one attached hydrogen (secondary N) is 2. The van der Waals surface area contributed by atoms with Gasteiger partial charge in [-0.2, -0.15) is 4.98 Å². The average molecular weight is 256 g/mol. The topological polar surface area (TPSA) is 96.7 Å². The van der Waals surface area contributed by atoms with E-state index in [0.29, 0.717) is 0 Å². The summed E-state index contributed by atoms with van der Waals surface area (Å²) >= 11 is 5.74. The number of aromatic nitrogens is 3. The van der Waals surface area contributed by atoms with Gasteiger partial charge in [0.1, 0.15) is 5.82 Å². The van der Waals surface area contributed by atoms with E-state index in [1.165, 1.54) is 12.1 Å². The number of rotatable bonds is 2. The second-order valence-electron chi connectivity index (χ2n) is 3.12. The number of amides is 1. The number of anilines is 2. The Kier molecular flexibility index (Phi) is 2.92. The number of hydrogen-bond acceptors (Lipinski definition) is 4. The number of carbonyl (C=O) groups is 1. The summed E-state index contributed by atoms with van der Waals surface area (Å²) in [5, 5.41) is 8.37. The normalized spacial score (nSPS) is 10.2. The summed E-state index contributed by atoms with van der Waals surface area (Å²) in [6, 6.07) is 3.61. The molecule has 2 rings (SSSR count). The molecule has 0 aliphatic heterocycles. The van der Waals surface area contributed by atoms with Crippen molar-refractivity contribution in [2.75, 3.05) is 11.1 Å². The molecule has 0 saturated heterocycles. The molecular weight excluding hydrogens is 249 g/mol. The molecule has 8 heteroatoms. The second-order valence-corrected chi connectivity index (χ2v) is 3.53. The number of nitrogens with two attached hydrogens (primary N) is 1. The number of aromatic amines is 1. The first-order valence-electron chi connectivity index (χ1n) is 4.50. The van der Waals surface area contributed by atoms with Crippen molar-refractivity contribution in [2.45, 2.75) is 0 Å². The fraction of sp³-hybridized carbons (Fsp3) is 0. The number of halogens is 2. The summed E-state index contributed by atoms with van der Waals surface area (Å²) in [4.78, 5) is 15.2. The zero-order valence-corrected chi connectivity index (χ0v) is 9.12. The van der Waals surface area contributed by atoms with Crippen LogP contribution in [0.5, 0.6) is 0 Å². The third-order valence-corrected chi connectivity index (χ3v) is 2.21. The first kappa shape index (κ1) is 11.3. The van der Waals surface area contributed by atoms with Gasteiger partial charge < -0.3 is 11.1 Å². The highest BCUT2D eigenvalue weighted by molar-refractivity contribution is 6.33. The van der Waals surface area contributed by atoms with Crippen molar-refractivity contribution in [3.63, 3.8) is 0 Å². The molecule has 0 fully saturated rings. The Hall–Kier alpha value is -2.15. The lowest BCUT2D eigenvalue weighted by atomic mass is 10.3. The molecular formula is C9H7ClFN5O. The molecule has 6 nitrogen and oxygen atoms in total. The summed E-state index contributed by atoms with van der Waals surface area (Å²) in [7, 11) is 0. The molecule has 0 atom stereocenters. The lowest BCUT2D eigenvalue weighted by Crippen LogP contribution is -2.14. The predicted octanol–water partition coefficient (Wildman–Crippen LogP) is 1.43. The van der Waals surface area contributed by atoms with Crippen LogP contribution < -0.4 is 11.1 Å². The molecule has 1 heterocycles. The molecule has 0 spiro atoms. The zero-order valence-electron chi connectivity index (χ0n) is 8.37. The zero-order chi connectivity index (χ0) is 12.4. The van der Waals surface area contributed by atoms with Crippen molar-refractivity contribution in [2.24, 2.45) is 0 Å². The van der Waals surface area contributed by atoms with E-state index in [1.54, 1.807) is 0 Å². The maximum atomic E-state index is 12.8. The van der Waals surface area contributed by atoms with Crippen molar-refractivity contribution in [1.29, 1.82) is 0 Å². The Labute approximate surface area is 100.0 Å². The Bertz CT molecular complexity index is 570. The van der Waals surface area contributed by atoms with Crippen molar-refractivity contribution >= 4 is 29.1 Å². The molecule has 17 heavy (non-hydrogen) atoms. The monoisotopic (exact) mass is 255 g/mol. The molecule has 4 N–H and O–H groups in total. The summed E-state index contributed by atoms with van der Waals surface area (Å²) in [5.41, 5.74) is 5.52. The molecule has 0 unspecified atom stereocenters. The molecule has 0 saturated carbocycles. The standard InChI is InChI=1S/C9H7ClFN5O/c10-5-3-4(11)1-2-6(5)13-8(17)7-14-9(12)16-15-7/h1-3H,(H,13,17)(H3,12,14,15,16). The molecule has 1 aromatic carbocycles. The highest BCUT2D eigenvalue weighted by atomic mass is 35.5. The minimum absolute atomic E-state index is 0.0413.